The first kappa shape index (κ1) is 15.2. The van der Waals surface area contributed by atoms with Crippen molar-refractivity contribution in [1.82, 2.24) is 9.80 Å². The van der Waals surface area contributed by atoms with E-state index < -0.39 is 6.04 Å². The number of likely N-dealkylation sites (tertiary alicyclic amines) is 1. The lowest BCUT2D eigenvalue weighted by molar-refractivity contribution is -0.135. The third kappa shape index (κ3) is 2.93. The summed E-state index contributed by atoms with van der Waals surface area (Å²) < 4.78 is 13.5. The number of hydrogen-bond acceptors (Lipinski definition) is 2. The van der Waals surface area contributed by atoms with Gasteiger partial charge in [0.05, 0.1) is 0 Å². The molecule has 2 aliphatic rings. The summed E-state index contributed by atoms with van der Waals surface area (Å²) in [5, 5.41) is 0. The third-order valence-electron chi connectivity index (χ3n) is 4.85. The first-order valence-electron chi connectivity index (χ1n) is 7.92. The molecule has 1 saturated heterocycles. The Kier molecular flexibility index (Phi) is 4.30. The number of rotatable bonds is 3. The molecule has 0 spiro atoms. The molecule has 0 radical (unpaired) electrons. The zero-order valence-corrected chi connectivity index (χ0v) is 13.2. The monoisotopic (exact) mass is 302 g/mol. The summed E-state index contributed by atoms with van der Waals surface area (Å²) >= 11 is 0. The molecule has 0 bridgehead atoms. The minimum absolute atomic E-state index is 0.0880. The van der Waals surface area contributed by atoms with Crippen LogP contribution in [0.5, 0.6) is 0 Å². The number of carbonyl (C=O) groups is 1. The van der Waals surface area contributed by atoms with Gasteiger partial charge in [-0.2, -0.15) is 0 Å². The molecule has 1 aliphatic carbocycles. The summed E-state index contributed by atoms with van der Waals surface area (Å²) in [4.78, 5) is 16.8. The zero-order valence-electron chi connectivity index (χ0n) is 13.2. The molecule has 1 aromatic carbocycles. The average molecular weight is 302 g/mol. The maximum Gasteiger partial charge on any atom is 0.244 e. The number of likely N-dealkylation sites (N-methyl/N-ethyl adjacent to an activating group) is 1. The summed E-state index contributed by atoms with van der Waals surface area (Å²) in [5.74, 6) is 0.968. The van der Waals surface area contributed by atoms with Crippen LogP contribution in [0.3, 0.4) is 0 Å². The quantitative estimate of drug-likeness (QED) is 0.802. The van der Waals surface area contributed by atoms with E-state index in [1.807, 2.05) is 30.0 Å². The smallest absolute Gasteiger partial charge is 0.244 e. The number of fused-ring (bicyclic) bond motifs is 1. The second kappa shape index (κ2) is 6.21. The van der Waals surface area contributed by atoms with E-state index in [0.717, 1.165) is 31.5 Å². The molecule has 0 N–H and O–H groups in total. The fourth-order valence-corrected chi connectivity index (χ4v) is 3.71. The molecule has 3 rings (SSSR count). The van der Waals surface area contributed by atoms with Gasteiger partial charge in [-0.15, -0.1) is 0 Å². The van der Waals surface area contributed by atoms with Crippen LogP contribution in [0.1, 0.15) is 24.4 Å². The average Bonchev–Trinajstić information content (AvgIpc) is 2.91. The highest BCUT2D eigenvalue weighted by molar-refractivity contribution is 5.83. The molecule has 1 aliphatic heterocycles. The van der Waals surface area contributed by atoms with Gasteiger partial charge >= 0.3 is 0 Å². The summed E-state index contributed by atoms with van der Waals surface area (Å²) in [6.07, 6.45) is 6.60. The lowest BCUT2D eigenvalue weighted by Gasteiger charge is -2.28. The van der Waals surface area contributed by atoms with Gasteiger partial charge in [0.2, 0.25) is 5.91 Å². The molecule has 3 nitrogen and oxygen atoms in total. The normalized spacial score (nSPS) is 25.4. The van der Waals surface area contributed by atoms with E-state index in [1.165, 1.54) is 12.1 Å². The van der Waals surface area contributed by atoms with Crippen molar-refractivity contribution in [2.45, 2.75) is 18.9 Å². The van der Waals surface area contributed by atoms with Crippen LogP contribution in [-0.2, 0) is 4.79 Å². The Morgan fingerprint density at radius 3 is 2.41 bits per heavy atom. The predicted molar refractivity (Wildman–Crippen MR) is 84.8 cm³/mol. The van der Waals surface area contributed by atoms with Crippen molar-refractivity contribution < 1.29 is 9.18 Å². The Morgan fingerprint density at radius 2 is 1.86 bits per heavy atom. The van der Waals surface area contributed by atoms with Crippen LogP contribution in [0.4, 0.5) is 4.39 Å². The Bertz CT molecular complexity index is 568. The Balaban J connectivity index is 1.79. The first-order valence-corrected chi connectivity index (χ1v) is 7.92. The minimum atomic E-state index is -0.413. The minimum Gasteiger partial charge on any atom is -0.340 e. The van der Waals surface area contributed by atoms with Crippen molar-refractivity contribution in [1.29, 1.82) is 0 Å². The van der Waals surface area contributed by atoms with Crippen molar-refractivity contribution in [3.63, 3.8) is 0 Å². The molecular formula is C18H23FN2O. The lowest BCUT2D eigenvalue weighted by Crippen LogP contribution is -2.39. The van der Waals surface area contributed by atoms with E-state index in [2.05, 4.69) is 12.2 Å². The Morgan fingerprint density at radius 1 is 1.23 bits per heavy atom. The van der Waals surface area contributed by atoms with Gasteiger partial charge in [0.1, 0.15) is 11.9 Å². The van der Waals surface area contributed by atoms with Crippen LogP contribution in [0.15, 0.2) is 36.4 Å². The molecule has 118 valence electrons. The van der Waals surface area contributed by atoms with E-state index in [0.29, 0.717) is 11.8 Å². The lowest BCUT2D eigenvalue weighted by atomic mass is 9.86. The molecule has 3 atom stereocenters. The van der Waals surface area contributed by atoms with E-state index in [4.69, 9.17) is 0 Å². The molecule has 0 saturated carbocycles. The number of hydrogen-bond donors (Lipinski definition) is 0. The SMILES string of the molecule is CN(C)C(C(=O)N1C[C@H]2CC=CC[C@H]2C1)c1cccc(F)c1. The van der Waals surface area contributed by atoms with Gasteiger partial charge in [0.15, 0.2) is 0 Å². The van der Waals surface area contributed by atoms with Crippen LogP contribution >= 0.6 is 0 Å². The molecule has 22 heavy (non-hydrogen) atoms. The standard InChI is InChI=1S/C18H23FN2O/c1-20(2)17(13-8-5-9-16(19)10-13)18(22)21-11-14-6-3-4-7-15(14)12-21/h3-5,8-10,14-15,17H,6-7,11-12H2,1-2H3/t14-,15+,17?. The number of nitrogens with zero attached hydrogens (tertiary/aromatic N) is 2. The predicted octanol–water partition coefficient (Wildman–Crippen LogP) is 2.85. The summed E-state index contributed by atoms with van der Waals surface area (Å²) in [6.45, 7) is 1.65. The van der Waals surface area contributed by atoms with Gasteiger partial charge in [-0.1, -0.05) is 24.3 Å². The highest BCUT2D eigenvalue weighted by Crippen LogP contribution is 2.34. The Hall–Kier alpha value is -1.68. The van der Waals surface area contributed by atoms with Crippen molar-refractivity contribution in [3.8, 4) is 0 Å². The second-order valence-electron chi connectivity index (χ2n) is 6.63. The van der Waals surface area contributed by atoms with Gasteiger partial charge in [0, 0.05) is 13.1 Å². The third-order valence-corrected chi connectivity index (χ3v) is 4.85. The van der Waals surface area contributed by atoms with Gasteiger partial charge in [-0.25, -0.2) is 4.39 Å². The van der Waals surface area contributed by atoms with Crippen LogP contribution < -0.4 is 0 Å². The molecule has 1 fully saturated rings. The van der Waals surface area contributed by atoms with Crippen molar-refractivity contribution in [2.75, 3.05) is 27.2 Å². The van der Waals surface area contributed by atoms with Gasteiger partial charge in [-0.3, -0.25) is 9.69 Å². The highest BCUT2D eigenvalue weighted by atomic mass is 19.1. The van der Waals surface area contributed by atoms with E-state index in [9.17, 15) is 9.18 Å². The fraction of sp³-hybridized carbons (Fsp3) is 0.500. The van der Waals surface area contributed by atoms with E-state index in [1.54, 1.807) is 6.07 Å². The summed E-state index contributed by atoms with van der Waals surface area (Å²) in [6, 6.07) is 5.96. The maximum absolute atomic E-state index is 13.5. The molecule has 0 aromatic heterocycles. The topological polar surface area (TPSA) is 23.6 Å². The highest BCUT2D eigenvalue weighted by Gasteiger charge is 2.38. The first-order chi connectivity index (χ1) is 10.6. The summed E-state index contributed by atoms with van der Waals surface area (Å²) in [7, 11) is 3.75. The van der Waals surface area contributed by atoms with Crippen molar-refractivity contribution in [3.05, 3.63) is 47.8 Å². The number of allylic oxidation sites excluding steroid dienone is 2. The largest absolute Gasteiger partial charge is 0.340 e. The maximum atomic E-state index is 13.5. The molecule has 4 heteroatoms. The number of amides is 1. The van der Waals surface area contributed by atoms with E-state index >= 15 is 0 Å². The number of carbonyl (C=O) groups excluding carboxylic acids is 1. The van der Waals surface area contributed by atoms with Crippen molar-refractivity contribution >= 4 is 5.91 Å². The van der Waals surface area contributed by atoms with E-state index in [-0.39, 0.29) is 11.7 Å². The summed E-state index contributed by atoms with van der Waals surface area (Å²) in [5.41, 5.74) is 0.725. The molecular weight excluding hydrogens is 279 g/mol. The Labute approximate surface area is 131 Å². The van der Waals surface area contributed by atoms with Crippen LogP contribution in [0, 0.1) is 17.7 Å². The van der Waals surface area contributed by atoms with Crippen LogP contribution in [0.25, 0.3) is 0 Å². The number of benzene rings is 1. The van der Waals surface area contributed by atoms with Crippen molar-refractivity contribution in [2.24, 2.45) is 11.8 Å². The van der Waals surface area contributed by atoms with Crippen LogP contribution in [0.2, 0.25) is 0 Å². The molecule has 1 aromatic rings. The molecule has 1 unspecified atom stereocenters. The van der Waals surface area contributed by atoms with Gasteiger partial charge in [-0.05, 0) is 56.5 Å². The van der Waals surface area contributed by atoms with Gasteiger partial charge < -0.3 is 4.90 Å². The zero-order chi connectivity index (χ0) is 15.7. The van der Waals surface area contributed by atoms with Crippen LogP contribution in [-0.4, -0.2) is 42.9 Å². The fourth-order valence-electron chi connectivity index (χ4n) is 3.71. The molecule has 1 amide bonds. The van der Waals surface area contributed by atoms with Gasteiger partial charge in [0.25, 0.3) is 0 Å². The molecule has 1 heterocycles. The number of halogens is 1. The second-order valence-corrected chi connectivity index (χ2v) is 6.63.